The first kappa shape index (κ1) is 20.5. The molecule has 0 radical (unpaired) electrons. The molecule has 144 valence electrons. The van der Waals surface area contributed by atoms with Gasteiger partial charge in [0.1, 0.15) is 0 Å². The van der Waals surface area contributed by atoms with Crippen molar-refractivity contribution in [2.24, 2.45) is 0 Å². The lowest BCUT2D eigenvalue weighted by Gasteiger charge is -2.22. The molecule has 4 N–H and O–H groups in total. The molecule has 0 spiro atoms. The molecular weight excluding hydrogens is 344 g/mol. The maximum atomic E-state index is 12.4. The van der Waals surface area contributed by atoms with Gasteiger partial charge in [-0.1, -0.05) is 60.7 Å². The van der Waals surface area contributed by atoms with E-state index in [1.165, 1.54) is 0 Å². The van der Waals surface area contributed by atoms with Crippen LogP contribution in [0.15, 0.2) is 60.7 Å². The van der Waals surface area contributed by atoms with E-state index >= 15 is 0 Å². The number of hydrogen-bond donors (Lipinski definition) is 4. The largest absolute Gasteiger partial charge is 0.481 e. The number of urea groups is 1. The van der Waals surface area contributed by atoms with Gasteiger partial charge in [0.05, 0.1) is 12.6 Å². The Morgan fingerprint density at radius 2 is 1.30 bits per heavy atom. The van der Waals surface area contributed by atoms with Crippen LogP contribution in [0.2, 0.25) is 0 Å². The molecule has 0 aliphatic heterocycles. The van der Waals surface area contributed by atoms with Gasteiger partial charge < -0.3 is 20.8 Å². The summed E-state index contributed by atoms with van der Waals surface area (Å²) in [7, 11) is 0. The Labute approximate surface area is 159 Å². The van der Waals surface area contributed by atoms with Crippen molar-refractivity contribution in [1.82, 2.24) is 10.6 Å². The Bertz CT molecular complexity index is 707. The molecule has 1 unspecified atom stereocenters. The second kappa shape index (κ2) is 11.0. The van der Waals surface area contributed by atoms with Crippen LogP contribution in [0.4, 0.5) is 4.79 Å². The molecule has 0 saturated heterocycles. The van der Waals surface area contributed by atoms with Crippen molar-refractivity contribution in [3.8, 4) is 0 Å². The van der Waals surface area contributed by atoms with Crippen molar-refractivity contribution in [1.29, 1.82) is 0 Å². The molecule has 2 aromatic rings. The van der Waals surface area contributed by atoms with Crippen LogP contribution in [0.3, 0.4) is 0 Å². The summed E-state index contributed by atoms with van der Waals surface area (Å²) < 4.78 is 0. The zero-order valence-electron chi connectivity index (χ0n) is 15.2. The first-order chi connectivity index (χ1) is 13.1. The van der Waals surface area contributed by atoms with Crippen LogP contribution in [0.25, 0.3) is 0 Å². The van der Waals surface area contributed by atoms with E-state index in [0.29, 0.717) is 19.3 Å². The molecule has 0 saturated carbocycles. The predicted octanol–water partition coefficient (Wildman–Crippen LogP) is 2.37. The Morgan fingerprint density at radius 1 is 0.815 bits per heavy atom. The van der Waals surface area contributed by atoms with Gasteiger partial charge in [0.2, 0.25) is 0 Å². The fourth-order valence-corrected chi connectivity index (χ4v) is 2.89. The summed E-state index contributed by atoms with van der Waals surface area (Å²) >= 11 is 0. The maximum absolute atomic E-state index is 12.4. The smallest absolute Gasteiger partial charge is 0.315 e. The van der Waals surface area contributed by atoms with Gasteiger partial charge in [-0.3, -0.25) is 4.79 Å². The molecule has 27 heavy (non-hydrogen) atoms. The summed E-state index contributed by atoms with van der Waals surface area (Å²) in [6.45, 7) is -0.180. The van der Waals surface area contributed by atoms with Gasteiger partial charge >= 0.3 is 12.0 Å². The molecule has 0 bridgehead atoms. The fraction of sp³-hybridized carbons (Fsp3) is 0.333. The quantitative estimate of drug-likeness (QED) is 0.516. The van der Waals surface area contributed by atoms with Crippen LogP contribution < -0.4 is 10.6 Å². The number of carbonyl (C=O) groups is 2. The van der Waals surface area contributed by atoms with Crippen LogP contribution in [0, 0.1) is 0 Å². The Balaban J connectivity index is 1.93. The van der Waals surface area contributed by atoms with Crippen LogP contribution in [-0.4, -0.2) is 40.9 Å². The first-order valence-electron chi connectivity index (χ1n) is 9.04. The molecule has 2 rings (SSSR count). The minimum absolute atomic E-state index is 0.0226. The van der Waals surface area contributed by atoms with Crippen LogP contribution in [0.5, 0.6) is 0 Å². The van der Waals surface area contributed by atoms with Crippen molar-refractivity contribution in [3.05, 3.63) is 71.8 Å². The molecule has 0 aromatic heterocycles. The van der Waals surface area contributed by atoms with Gasteiger partial charge in [0.25, 0.3) is 0 Å². The van der Waals surface area contributed by atoms with E-state index < -0.39 is 18.0 Å². The van der Waals surface area contributed by atoms with Gasteiger partial charge in [-0.05, 0) is 30.4 Å². The molecule has 2 amide bonds. The highest BCUT2D eigenvalue weighted by Crippen LogP contribution is 2.08. The van der Waals surface area contributed by atoms with Gasteiger partial charge in [0, 0.05) is 12.5 Å². The third kappa shape index (κ3) is 7.92. The highest BCUT2D eigenvalue weighted by molar-refractivity contribution is 5.75. The lowest BCUT2D eigenvalue weighted by Crippen LogP contribution is -2.48. The fourth-order valence-electron chi connectivity index (χ4n) is 2.89. The van der Waals surface area contributed by atoms with Crippen LogP contribution in [0.1, 0.15) is 24.0 Å². The van der Waals surface area contributed by atoms with Crippen LogP contribution >= 0.6 is 0 Å². The van der Waals surface area contributed by atoms with E-state index in [1.54, 1.807) is 0 Å². The first-order valence-corrected chi connectivity index (χ1v) is 9.04. The van der Waals surface area contributed by atoms with Crippen molar-refractivity contribution in [3.63, 3.8) is 0 Å². The molecule has 2 atom stereocenters. The molecule has 2 aromatic carbocycles. The van der Waals surface area contributed by atoms with Crippen LogP contribution in [-0.2, 0) is 17.6 Å². The summed E-state index contributed by atoms with van der Waals surface area (Å²) in [5.74, 6) is -0.896. The number of hydrogen-bond acceptors (Lipinski definition) is 3. The second-order valence-electron chi connectivity index (χ2n) is 6.51. The number of aliphatic carboxylic acids is 1. The van der Waals surface area contributed by atoms with Gasteiger partial charge in [-0.2, -0.15) is 0 Å². The molecule has 0 aliphatic carbocycles. The molecule has 0 heterocycles. The Hall–Kier alpha value is -2.86. The highest BCUT2D eigenvalue weighted by Gasteiger charge is 2.17. The van der Waals surface area contributed by atoms with Gasteiger partial charge in [-0.25, -0.2) is 4.79 Å². The van der Waals surface area contributed by atoms with E-state index in [1.807, 2.05) is 60.7 Å². The highest BCUT2D eigenvalue weighted by atomic mass is 16.4. The molecule has 0 aliphatic rings. The number of amides is 2. The van der Waals surface area contributed by atoms with Crippen molar-refractivity contribution in [2.45, 2.75) is 37.8 Å². The third-order valence-corrected chi connectivity index (χ3v) is 4.25. The van der Waals surface area contributed by atoms with E-state index in [9.17, 15) is 14.7 Å². The van der Waals surface area contributed by atoms with Crippen molar-refractivity contribution < 1.29 is 19.8 Å². The Kier molecular flexibility index (Phi) is 8.32. The van der Waals surface area contributed by atoms with Crippen molar-refractivity contribution >= 4 is 12.0 Å². The number of aliphatic hydroxyl groups is 1. The molecule has 6 nitrogen and oxygen atoms in total. The average molecular weight is 370 g/mol. The zero-order chi connectivity index (χ0) is 19.5. The number of nitrogens with one attached hydrogen (secondary N) is 2. The van der Waals surface area contributed by atoms with Gasteiger partial charge in [-0.15, -0.1) is 0 Å². The number of benzene rings is 2. The van der Waals surface area contributed by atoms with Crippen molar-refractivity contribution in [2.75, 3.05) is 6.61 Å². The minimum atomic E-state index is -0.896. The second-order valence-corrected chi connectivity index (χ2v) is 6.51. The number of carbonyl (C=O) groups excluding carboxylic acids is 1. The standard InChI is InChI=1S/C21H26N2O4/c24-15-19(14-17-9-5-2-6-10-17)23-21(27)22-18(11-12-20(25)26)13-16-7-3-1-4-8-16/h1-10,18-19,24H,11-15H2,(H,25,26)(H2,22,23,27)/t18?,19-/m0/s1. The molecular formula is C21H26N2O4. The predicted molar refractivity (Wildman–Crippen MR) is 103 cm³/mol. The minimum Gasteiger partial charge on any atom is -0.481 e. The maximum Gasteiger partial charge on any atom is 0.315 e. The number of aliphatic hydroxyl groups excluding tert-OH is 1. The normalized spacial score (nSPS) is 12.8. The third-order valence-electron chi connectivity index (χ3n) is 4.25. The van der Waals surface area contributed by atoms with Gasteiger partial charge in [0.15, 0.2) is 0 Å². The summed E-state index contributed by atoms with van der Waals surface area (Å²) in [5.41, 5.74) is 2.04. The SMILES string of the molecule is O=C(O)CCC(Cc1ccccc1)NC(=O)N[C@H](CO)Cc1ccccc1. The summed E-state index contributed by atoms with van der Waals surface area (Å²) in [6, 6.07) is 18.1. The summed E-state index contributed by atoms with van der Waals surface area (Å²) in [6.07, 6.45) is 1.37. The zero-order valence-corrected chi connectivity index (χ0v) is 15.2. The monoisotopic (exact) mass is 370 g/mol. The summed E-state index contributed by atoms with van der Waals surface area (Å²) in [4.78, 5) is 23.3. The lowest BCUT2D eigenvalue weighted by molar-refractivity contribution is -0.137. The van der Waals surface area contributed by atoms with E-state index in [4.69, 9.17) is 5.11 Å². The molecule has 0 fully saturated rings. The lowest BCUT2D eigenvalue weighted by atomic mass is 10.0. The van der Waals surface area contributed by atoms with E-state index in [-0.39, 0.29) is 19.1 Å². The molecule has 6 heteroatoms. The Morgan fingerprint density at radius 3 is 1.78 bits per heavy atom. The number of carboxylic acid groups (broad SMARTS) is 1. The number of rotatable bonds is 10. The summed E-state index contributed by atoms with van der Waals surface area (Å²) in [5, 5.41) is 24.1. The van der Waals surface area contributed by atoms with E-state index in [2.05, 4.69) is 10.6 Å². The topological polar surface area (TPSA) is 98.7 Å². The number of carboxylic acids is 1. The average Bonchev–Trinajstić information content (AvgIpc) is 2.67. The van der Waals surface area contributed by atoms with E-state index in [0.717, 1.165) is 11.1 Å².